The molecule has 10 nitrogen and oxygen atoms in total. The predicted molar refractivity (Wildman–Crippen MR) is 106 cm³/mol. The second-order valence-corrected chi connectivity index (χ2v) is 8.63. The van der Waals surface area contributed by atoms with E-state index in [-0.39, 0.29) is 28.1 Å². The van der Waals surface area contributed by atoms with Gasteiger partial charge in [-0.05, 0) is 22.9 Å². The number of esters is 1. The fourth-order valence-corrected chi connectivity index (χ4v) is 4.96. The van der Waals surface area contributed by atoms with Gasteiger partial charge in [0.2, 0.25) is 5.91 Å². The van der Waals surface area contributed by atoms with Crippen LogP contribution < -0.4 is 5.32 Å². The van der Waals surface area contributed by atoms with Crippen molar-refractivity contribution in [2.45, 2.75) is 38.2 Å². The first-order valence-corrected chi connectivity index (χ1v) is 10.7. The molecule has 3 heterocycles. The third-order valence-electron chi connectivity index (χ3n) is 4.67. The number of hydrogen-bond acceptors (Lipinski definition) is 7. The smallest absolute Gasteiger partial charge is 0.352 e. The normalized spacial score (nSPS) is 20.5. The minimum Gasteiger partial charge on any atom is -0.477 e. The van der Waals surface area contributed by atoms with E-state index in [9.17, 15) is 33.1 Å². The number of alkyl halides is 2. The van der Waals surface area contributed by atoms with Gasteiger partial charge in [-0.15, -0.1) is 11.8 Å². The zero-order valence-corrected chi connectivity index (χ0v) is 18.6. The number of nitrogens with zero attached hydrogens (tertiary/aromatic N) is 3. The number of aromatic nitrogens is 2. The molecule has 0 aromatic carbocycles. The van der Waals surface area contributed by atoms with Gasteiger partial charge in [0.1, 0.15) is 36.0 Å². The maximum absolute atomic E-state index is 13.0. The van der Waals surface area contributed by atoms with Crippen LogP contribution in [0.15, 0.2) is 15.7 Å². The number of fused-ring (bicyclic) bond motifs is 1. The summed E-state index contributed by atoms with van der Waals surface area (Å²) in [5, 5.41) is 15.1. The maximum atomic E-state index is 13.0. The summed E-state index contributed by atoms with van der Waals surface area (Å²) in [4.78, 5) is 48.7. The molecular formula is C17H17BrF2N4O6S. The first kappa shape index (κ1) is 23.2. The summed E-state index contributed by atoms with van der Waals surface area (Å²) in [5.74, 6) is -3.00. The zero-order valence-electron chi connectivity index (χ0n) is 16.2. The molecule has 0 unspecified atom stereocenters. The molecule has 14 heteroatoms. The van der Waals surface area contributed by atoms with Crippen molar-refractivity contribution in [3.05, 3.63) is 27.1 Å². The highest BCUT2D eigenvalue weighted by Crippen LogP contribution is 2.40. The molecular weight excluding hydrogens is 506 g/mol. The molecule has 1 aromatic heterocycles. The molecule has 1 fully saturated rings. The Morgan fingerprint density at radius 1 is 1.42 bits per heavy atom. The number of nitrogens with one attached hydrogen (secondary N) is 1. The number of hydrogen-bond donors (Lipinski definition) is 2. The van der Waals surface area contributed by atoms with Gasteiger partial charge in [-0.1, -0.05) is 0 Å². The molecule has 0 spiro atoms. The molecule has 1 saturated heterocycles. The van der Waals surface area contributed by atoms with Gasteiger partial charge >= 0.3 is 11.9 Å². The number of halogens is 3. The van der Waals surface area contributed by atoms with Gasteiger partial charge in [0, 0.05) is 18.2 Å². The van der Waals surface area contributed by atoms with Gasteiger partial charge in [-0.2, -0.15) is 5.10 Å². The number of aliphatic carboxylic acids is 1. The summed E-state index contributed by atoms with van der Waals surface area (Å²) in [6.45, 7) is 2.05. The zero-order chi connectivity index (χ0) is 23.0. The Labute approximate surface area is 187 Å². The summed E-state index contributed by atoms with van der Waals surface area (Å²) in [6.07, 6.45) is -2.82. The van der Waals surface area contributed by atoms with Gasteiger partial charge in [-0.25, -0.2) is 13.6 Å². The van der Waals surface area contributed by atoms with E-state index in [1.165, 1.54) is 25.6 Å². The van der Waals surface area contributed by atoms with E-state index in [0.29, 0.717) is 5.69 Å². The summed E-state index contributed by atoms with van der Waals surface area (Å²) in [6, 6.07) is -0.976. The van der Waals surface area contributed by atoms with Crippen molar-refractivity contribution in [1.29, 1.82) is 0 Å². The number of ether oxygens (including phenoxy) is 1. The minimum absolute atomic E-state index is 0.0978. The van der Waals surface area contributed by atoms with Crippen LogP contribution in [0.3, 0.4) is 0 Å². The monoisotopic (exact) mass is 522 g/mol. The van der Waals surface area contributed by atoms with Crippen LogP contribution in [-0.2, 0) is 30.5 Å². The Morgan fingerprint density at radius 3 is 2.65 bits per heavy atom. The van der Waals surface area contributed by atoms with E-state index in [1.54, 1.807) is 0 Å². The standard InChI is InChI=1S/C17H17BrF2N4O6S/c1-6-10(18)11(14(19)20)22-23(6)3-9(26)21-12-15(27)24-13(17(28)29)8(4-30-7(2)25)5-31-16(12)24/h12,14,16H,3-5H2,1-2H3,(H,21,26)(H,28,29)/t12-,16-/m1/s1. The maximum Gasteiger partial charge on any atom is 0.352 e. The van der Waals surface area contributed by atoms with Crippen LogP contribution >= 0.6 is 27.7 Å². The quantitative estimate of drug-likeness (QED) is 0.403. The first-order valence-electron chi connectivity index (χ1n) is 8.86. The van der Waals surface area contributed by atoms with E-state index < -0.39 is 53.8 Å². The number of carbonyl (C=O) groups excluding carboxylic acids is 3. The van der Waals surface area contributed by atoms with Gasteiger partial charge in [0.25, 0.3) is 12.3 Å². The summed E-state index contributed by atoms with van der Waals surface area (Å²) >= 11 is 4.23. The first-order chi connectivity index (χ1) is 14.5. The summed E-state index contributed by atoms with van der Waals surface area (Å²) in [7, 11) is 0. The lowest BCUT2D eigenvalue weighted by atomic mass is 10.0. The average Bonchev–Trinajstić information content (AvgIpc) is 2.98. The third-order valence-corrected chi connectivity index (χ3v) is 6.99. The number of rotatable bonds is 7. The Morgan fingerprint density at radius 2 is 2.10 bits per heavy atom. The lowest BCUT2D eigenvalue weighted by Gasteiger charge is -2.49. The van der Waals surface area contributed by atoms with Crippen LogP contribution in [0.4, 0.5) is 8.78 Å². The highest BCUT2D eigenvalue weighted by Gasteiger charge is 2.54. The van der Waals surface area contributed by atoms with E-state index in [4.69, 9.17) is 4.74 Å². The van der Waals surface area contributed by atoms with Crippen molar-refractivity contribution in [3.63, 3.8) is 0 Å². The Hall–Kier alpha value is -2.48. The Kier molecular flexibility index (Phi) is 6.69. The largest absolute Gasteiger partial charge is 0.477 e. The van der Waals surface area contributed by atoms with Gasteiger partial charge < -0.3 is 15.2 Å². The van der Waals surface area contributed by atoms with Crippen molar-refractivity contribution < 1.29 is 37.8 Å². The molecule has 0 aliphatic carbocycles. The summed E-state index contributed by atoms with van der Waals surface area (Å²) < 4.78 is 32.0. The molecule has 3 rings (SSSR count). The van der Waals surface area contributed by atoms with Crippen LogP contribution in [0.1, 0.15) is 24.7 Å². The van der Waals surface area contributed by atoms with E-state index in [0.717, 1.165) is 9.58 Å². The van der Waals surface area contributed by atoms with Gasteiger partial charge in [0.15, 0.2) is 0 Å². The number of carboxylic acid groups (broad SMARTS) is 1. The second kappa shape index (κ2) is 8.94. The Balaban J connectivity index is 1.70. The molecule has 2 atom stereocenters. The lowest BCUT2D eigenvalue weighted by molar-refractivity contribution is -0.151. The topological polar surface area (TPSA) is 131 Å². The highest BCUT2D eigenvalue weighted by molar-refractivity contribution is 9.10. The summed E-state index contributed by atoms with van der Waals surface area (Å²) in [5.41, 5.74) is -0.159. The van der Waals surface area contributed by atoms with E-state index in [2.05, 4.69) is 26.3 Å². The van der Waals surface area contributed by atoms with Crippen molar-refractivity contribution in [1.82, 2.24) is 20.0 Å². The van der Waals surface area contributed by atoms with Crippen molar-refractivity contribution >= 4 is 51.4 Å². The molecule has 0 radical (unpaired) electrons. The van der Waals surface area contributed by atoms with Crippen LogP contribution in [0.25, 0.3) is 0 Å². The van der Waals surface area contributed by atoms with Crippen LogP contribution in [0.5, 0.6) is 0 Å². The van der Waals surface area contributed by atoms with E-state index in [1.807, 2.05) is 0 Å². The predicted octanol–water partition coefficient (Wildman–Crippen LogP) is 1.19. The number of carbonyl (C=O) groups is 4. The molecule has 0 saturated carbocycles. The van der Waals surface area contributed by atoms with Crippen molar-refractivity contribution in [2.75, 3.05) is 12.4 Å². The van der Waals surface area contributed by atoms with Crippen molar-refractivity contribution in [3.8, 4) is 0 Å². The van der Waals surface area contributed by atoms with Gasteiger partial charge in [0.05, 0.1) is 10.2 Å². The fourth-order valence-electron chi connectivity index (χ4n) is 3.18. The third kappa shape index (κ3) is 4.44. The molecule has 2 N–H and O–H groups in total. The van der Waals surface area contributed by atoms with E-state index >= 15 is 0 Å². The van der Waals surface area contributed by atoms with Gasteiger partial charge in [-0.3, -0.25) is 24.0 Å². The highest BCUT2D eigenvalue weighted by atomic mass is 79.9. The molecule has 2 aliphatic rings. The van der Waals surface area contributed by atoms with Crippen LogP contribution in [0.2, 0.25) is 0 Å². The number of carboxylic acids is 1. The average molecular weight is 523 g/mol. The fraction of sp³-hybridized carbons (Fsp3) is 0.471. The molecule has 2 amide bonds. The molecule has 168 valence electrons. The number of amides is 2. The van der Waals surface area contributed by atoms with Crippen LogP contribution in [-0.4, -0.2) is 67.3 Å². The van der Waals surface area contributed by atoms with Crippen molar-refractivity contribution in [2.24, 2.45) is 0 Å². The van der Waals surface area contributed by atoms with Crippen LogP contribution in [0, 0.1) is 6.92 Å². The second-order valence-electron chi connectivity index (χ2n) is 6.74. The molecule has 31 heavy (non-hydrogen) atoms. The lowest BCUT2D eigenvalue weighted by Crippen LogP contribution is -2.70. The minimum atomic E-state index is -2.82. The molecule has 0 bridgehead atoms. The molecule has 2 aliphatic heterocycles. The number of thioether (sulfide) groups is 1. The number of β-lactam (4-membered cyclic amide) rings is 1. The Bertz CT molecular complexity index is 998. The SMILES string of the molecule is CC(=O)OCC1=C(C(=O)O)N2C(=O)[C@@H](NC(=O)Cn3nc(C(F)F)c(Br)c3C)[C@H]2SC1. The molecule has 1 aromatic rings.